The summed E-state index contributed by atoms with van der Waals surface area (Å²) in [5.74, 6) is -0.294. The van der Waals surface area contributed by atoms with E-state index in [0.29, 0.717) is 13.1 Å². The molecule has 0 aromatic heterocycles. The zero-order chi connectivity index (χ0) is 14.8. The Hall–Kier alpha value is -1.53. The van der Waals surface area contributed by atoms with Gasteiger partial charge in [0, 0.05) is 13.1 Å². The Morgan fingerprint density at radius 3 is 2.65 bits per heavy atom. The van der Waals surface area contributed by atoms with E-state index in [1.807, 2.05) is 24.3 Å². The van der Waals surface area contributed by atoms with Gasteiger partial charge in [-0.3, -0.25) is 4.79 Å². The van der Waals surface area contributed by atoms with Gasteiger partial charge in [0.1, 0.15) is 6.61 Å². The van der Waals surface area contributed by atoms with Crippen LogP contribution in [-0.2, 0) is 27.2 Å². The topological polar surface area (TPSA) is 47.6 Å². The first-order valence-electron chi connectivity index (χ1n) is 6.33. The number of esters is 1. The van der Waals surface area contributed by atoms with Crippen LogP contribution in [0.3, 0.4) is 0 Å². The molecule has 0 aliphatic rings. The molecule has 4 nitrogen and oxygen atoms in total. The van der Waals surface area contributed by atoms with Crippen LogP contribution in [0.25, 0.3) is 0 Å². The Morgan fingerprint density at radius 1 is 1.30 bits per heavy atom. The van der Waals surface area contributed by atoms with Gasteiger partial charge in [-0.1, -0.05) is 24.3 Å². The summed E-state index contributed by atoms with van der Waals surface area (Å²) in [6.07, 6.45) is -2.22. The van der Waals surface area contributed by atoms with Crippen LogP contribution in [0.1, 0.15) is 11.1 Å². The quantitative estimate of drug-likeness (QED) is 0.555. The number of ether oxygens (including phenoxy) is 2. The minimum atomic E-state index is -2.43. The van der Waals surface area contributed by atoms with Gasteiger partial charge in [-0.2, -0.15) is 0 Å². The number of benzene rings is 1. The van der Waals surface area contributed by atoms with Crippen LogP contribution >= 0.6 is 0 Å². The van der Waals surface area contributed by atoms with Crippen LogP contribution in [0.4, 0.5) is 8.78 Å². The highest BCUT2D eigenvalue weighted by Crippen LogP contribution is 2.09. The van der Waals surface area contributed by atoms with Crippen molar-refractivity contribution >= 4 is 5.97 Å². The molecule has 0 amide bonds. The SMILES string of the molecule is COC(=O)Cc1ccccc1CNCCOCC(F)F. The molecule has 0 saturated carbocycles. The summed E-state index contributed by atoms with van der Waals surface area (Å²) in [7, 11) is 1.35. The second-order valence-electron chi connectivity index (χ2n) is 4.16. The first-order valence-corrected chi connectivity index (χ1v) is 6.33. The molecular weight excluding hydrogens is 268 g/mol. The third kappa shape index (κ3) is 6.58. The molecule has 1 aromatic rings. The Balaban J connectivity index is 2.34. The largest absolute Gasteiger partial charge is 0.469 e. The maximum atomic E-state index is 11.8. The van der Waals surface area contributed by atoms with Crippen LogP contribution in [0.15, 0.2) is 24.3 Å². The van der Waals surface area contributed by atoms with Crippen LogP contribution < -0.4 is 5.32 Å². The fraction of sp³-hybridized carbons (Fsp3) is 0.500. The molecule has 0 saturated heterocycles. The first kappa shape index (κ1) is 16.5. The summed E-state index contributed by atoms with van der Waals surface area (Å²) in [4.78, 5) is 11.3. The van der Waals surface area contributed by atoms with Gasteiger partial charge >= 0.3 is 5.97 Å². The van der Waals surface area contributed by atoms with Gasteiger partial charge in [-0.05, 0) is 11.1 Å². The molecule has 0 aliphatic carbocycles. The predicted octanol–water partition coefficient (Wildman–Crippen LogP) is 1.77. The molecule has 0 aliphatic heterocycles. The lowest BCUT2D eigenvalue weighted by Gasteiger charge is -2.10. The van der Waals surface area contributed by atoms with Crippen molar-refractivity contribution in [3.8, 4) is 0 Å². The maximum Gasteiger partial charge on any atom is 0.309 e. The van der Waals surface area contributed by atoms with E-state index < -0.39 is 13.0 Å². The molecule has 112 valence electrons. The summed E-state index contributed by atoms with van der Waals surface area (Å²) < 4.78 is 33.1. The molecule has 0 unspecified atom stereocenters. The van der Waals surface area contributed by atoms with Crippen LogP contribution in [0, 0.1) is 0 Å². The van der Waals surface area contributed by atoms with E-state index >= 15 is 0 Å². The summed E-state index contributed by atoms with van der Waals surface area (Å²) in [5.41, 5.74) is 1.87. The molecule has 0 radical (unpaired) electrons. The van der Waals surface area contributed by atoms with Crippen molar-refractivity contribution < 1.29 is 23.0 Å². The standard InChI is InChI=1S/C14H19F2NO3/c1-19-14(18)8-11-4-2-3-5-12(11)9-17-6-7-20-10-13(15)16/h2-5,13,17H,6-10H2,1H3. The van der Waals surface area contributed by atoms with E-state index in [-0.39, 0.29) is 19.0 Å². The summed E-state index contributed by atoms with van der Waals surface area (Å²) >= 11 is 0. The van der Waals surface area contributed by atoms with E-state index in [1.165, 1.54) is 7.11 Å². The number of hydrogen-bond acceptors (Lipinski definition) is 4. The van der Waals surface area contributed by atoms with Gasteiger partial charge in [-0.25, -0.2) is 8.78 Å². The van der Waals surface area contributed by atoms with E-state index in [9.17, 15) is 13.6 Å². The highest BCUT2D eigenvalue weighted by Gasteiger charge is 2.07. The predicted molar refractivity (Wildman–Crippen MR) is 70.7 cm³/mol. The smallest absolute Gasteiger partial charge is 0.309 e. The average Bonchev–Trinajstić information content (AvgIpc) is 2.43. The Morgan fingerprint density at radius 2 is 2.00 bits per heavy atom. The lowest BCUT2D eigenvalue weighted by molar-refractivity contribution is -0.139. The molecule has 20 heavy (non-hydrogen) atoms. The monoisotopic (exact) mass is 287 g/mol. The molecule has 1 aromatic carbocycles. The number of nitrogens with one attached hydrogen (secondary N) is 1. The number of carbonyl (C=O) groups excluding carboxylic acids is 1. The fourth-order valence-electron chi connectivity index (χ4n) is 1.67. The molecule has 0 heterocycles. The van der Waals surface area contributed by atoms with Gasteiger partial charge in [0.25, 0.3) is 6.43 Å². The van der Waals surface area contributed by atoms with Gasteiger partial charge in [-0.15, -0.1) is 0 Å². The number of methoxy groups -OCH3 is 1. The molecule has 0 bridgehead atoms. The normalized spacial score (nSPS) is 10.8. The summed E-state index contributed by atoms with van der Waals surface area (Å²) in [5, 5.41) is 3.09. The minimum absolute atomic E-state index is 0.218. The zero-order valence-electron chi connectivity index (χ0n) is 11.4. The van der Waals surface area contributed by atoms with E-state index in [4.69, 9.17) is 4.74 Å². The minimum Gasteiger partial charge on any atom is -0.469 e. The first-order chi connectivity index (χ1) is 9.63. The van der Waals surface area contributed by atoms with Gasteiger partial charge < -0.3 is 14.8 Å². The molecular formula is C14H19F2NO3. The number of rotatable bonds is 9. The van der Waals surface area contributed by atoms with E-state index in [1.54, 1.807) is 0 Å². The third-order valence-corrected chi connectivity index (χ3v) is 2.66. The molecule has 0 atom stereocenters. The molecule has 0 spiro atoms. The van der Waals surface area contributed by atoms with Crippen molar-refractivity contribution in [3.05, 3.63) is 35.4 Å². The Kier molecular flexibility index (Phi) is 7.75. The lowest BCUT2D eigenvalue weighted by Crippen LogP contribution is -2.21. The Labute approximate surface area is 117 Å². The third-order valence-electron chi connectivity index (χ3n) is 2.66. The lowest BCUT2D eigenvalue weighted by atomic mass is 10.0. The molecule has 1 rings (SSSR count). The van der Waals surface area contributed by atoms with Gasteiger partial charge in [0.2, 0.25) is 0 Å². The average molecular weight is 287 g/mol. The van der Waals surface area contributed by atoms with Gasteiger partial charge in [0.15, 0.2) is 0 Å². The summed E-state index contributed by atoms with van der Waals surface area (Å²) in [6, 6.07) is 7.51. The van der Waals surface area contributed by atoms with E-state index in [2.05, 4.69) is 10.1 Å². The number of carbonyl (C=O) groups is 1. The molecule has 6 heteroatoms. The number of halogens is 2. The highest BCUT2D eigenvalue weighted by molar-refractivity contribution is 5.72. The van der Waals surface area contributed by atoms with E-state index in [0.717, 1.165) is 11.1 Å². The van der Waals surface area contributed by atoms with Crippen LogP contribution in [-0.4, -0.2) is 39.3 Å². The number of alkyl halides is 2. The second-order valence-corrected chi connectivity index (χ2v) is 4.16. The summed E-state index contributed by atoms with van der Waals surface area (Å²) in [6.45, 7) is 0.703. The Bertz CT molecular complexity index is 413. The van der Waals surface area contributed by atoms with Crippen molar-refractivity contribution in [2.24, 2.45) is 0 Å². The second kappa shape index (κ2) is 9.39. The van der Waals surface area contributed by atoms with Gasteiger partial charge in [0.05, 0.1) is 20.1 Å². The molecule has 0 fully saturated rings. The highest BCUT2D eigenvalue weighted by atomic mass is 19.3. The van der Waals surface area contributed by atoms with Crippen molar-refractivity contribution in [3.63, 3.8) is 0 Å². The maximum absolute atomic E-state index is 11.8. The van der Waals surface area contributed by atoms with Crippen LogP contribution in [0.5, 0.6) is 0 Å². The van der Waals surface area contributed by atoms with Crippen LogP contribution in [0.2, 0.25) is 0 Å². The van der Waals surface area contributed by atoms with Crippen molar-refractivity contribution in [2.45, 2.75) is 19.4 Å². The zero-order valence-corrected chi connectivity index (χ0v) is 11.4. The van der Waals surface area contributed by atoms with Crippen molar-refractivity contribution in [2.75, 3.05) is 26.9 Å². The van der Waals surface area contributed by atoms with Crippen molar-refractivity contribution in [1.29, 1.82) is 0 Å². The van der Waals surface area contributed by atoms with Crippen molar-refractivity contribution in [1.82, 2.24) is 5.32 Å². The number of hydrogen-bond donors (Lipinski definition) is 1. The fourth-order valence-corrected chi connectivity index (χ4v) is 1.67. The molecule has 1 N–H and O–H groups in total.